The lowest BCUT2D eigenvalue weighted by molar-refractivity contribution is 0.332. The fraction of sp³-hybridized carbons (Fsp3) is 0.267. The van der Waals surface area contributed by atoms with Crippen molar-refractivity contribution < 1.29 is 4.74 Å². The van der Waals surface area contributed by atoms with Crippen LogP contribution >= 0.6 is 0 Å². The summed E-state index contributed by atoms with van der Waals surface area (Å²) < 4.78 is 5.67. The molecule has 94 valence electrons. The molecule has 0 bridgehead atoms. The second-order valence-electron chi connectivity index (χ2n) is 4.28. The van der Waals surface area contributed by atoms with E-state index in [1.807, 2.05) is 37.4 Å². The quantitative estimate of drug-likeness (QED) is 0.818. The second-order valence-corrected chi connectivity index (χ2v) is 4.28. The molecule has 2 aromatic rings. The summed E-state index contributed by atoms with van der Waals surface area (Å²) in [7, 11) is 0. The fourth-order valence-corrected chi connectivity index (χ4v) is 1.73. The highest BCUT2D eigenvalue weighted by Crippen LogP contribution is 2.13. The van der Waals surface area contributed by atoms with E-state index in [1.54, 1.807) is 6.20 Å². The summed E-state index contributed by atoms with van der Waals surface area (Å²) in [6.45, 7) is 5.52. The third-order valence-corrected chi connectivity index (χ3v) is 2.70. The molecule has 1 heterocycles. The number of hydrogen-bond acceptors (Lipinski definition) is 3. The van der Waals surface area contributed by atoms with Crippen LogP contribution in [0.25, 0.3) is 0 Å². The van der Waals surface area contributed by atoms with Gasteiger partial charge in [0.05, 0.1) is 0 Å². The lowest BCUT2D eigenvalue weighted by Crippen LogP contribution is -2.12. The fourth-order valence-electron chi connectivity index (χ4n) is 1.73. The summed E-state index contributed by atoms with van der Waals surface area (Å²) in [6, 6.07) is 10.1. The van der Waals surface area contributed by atoms with Gasteiger partial charge in [0.25, 0.3) is 0 Å². The summed E-state index contributed by atoms with van der Waals surface area (Å²) in [4.78, 5) is 4.06. The minimum atomic E-state index is 0.644. The van der Waals surface area contributed by atoms with E-state index in [1.165, 1.54) is 5.56 Å². The van der Waals surface area contributed by atoms with Gasteiger partial charge in [-0.2, -0.15) is 0 Å². The molecule has 3 heteroatoms. The highest BCUT2D eigenvalue weighted by Gasteiger charge is 1.97. The molecule has 18 heavy (non-hydrogen) atoms. The van der Waals surface area contributed by atoms with Crippen LogP contribution in [0.3, 0.4) is 0 Å². The van der Waals surface area contributed by atoms with Crippen molar-refractivity contribution in [3.8, 4) is 5.75 Å². The number of pyridine rings is 1. The lowest BCUT2D eigenvalue weighted by Gasteiger charge is -2.10. The first kappa shape index (κ1) is 12.4. The lowest BCUT2D eigenvalue weighted by atomic mass is 10.2. The highest BCUT2D eigenvalue weighted by molar-refractivity contribution is 5.48. The number of aromatic nitrogens is 1. The molecule has 0 aliphatic heterocycles. The van der Waals surface area contributed by atoms with Crippen molar-refractivity contribution in [2.24, 2.45) is 0 Å². The van der Waals surface area contributed by atoms with Gasteiger partial charge in [0.1, 0.15) is 12.4 Å². The molecule has 0 radical (unpaired) electrons. The molecule has 0 amide bonds. The third kappa shape index (κ3) is 3.48. The van der Waals surface area contributed by atoms with Crippen LogP contribution in [0.1, 0.15) is 11.1 Å². The Morgan fingerprint density at radius 2 is 2.11 bits per heavy atom. The number of rotatable bonds is 5. The molecule has 1 N–H and O–H groups in total. The van der Waals surface area contributed by atoms with Crippen LogP contribution in [0, 0.1) is 13.8 Å². The van der Waals surface area contributed by atoms with Gasteiger partial charge in [-0.15, -0.1) is 0 Å². The predicted octanol–water partition coefficient (Wildman–Crippen LogP) is 3.19. The van der Waals surface area contributed by atoms with Crippen LogP contribution in [0.15, 0.2) is 42.7 Å². The van der Waals surface area contributed by atoms with Crippen molar-refractivity contribution in [1.82, 2.24) is 4.98 Å². The van der Waals surface area contributed by atoms with Crippen molar-refractivity contribution in [2.45, 2.75) is 13.8 Å². The maximum Gasteiger partial charge on any atom is 0.119 e. The zero-order chi connectivity index (χ0) is 12.8. The molecule has 0 saturated carbocycles. The van der Waals surface area contributed by atoms with E-state index < -0.39 is 0 Å². The van der Waals surface area contributed by atoms with Crippen molar-refractivity contribution in [1.29, 1.82) is 0 Å². The molecule has 0 fully saturated rings. The van der Waals surface area contributed by atoms with Crippen molar-refractivity contribution in [3.05, 3.63) is 53.9 Å². The number of ether oxygens (including phenoxy) is 1. The van der Waals surface area contributed by atoms with Crippen LogP contribution in [-0.2, 0) is 0 Å². The molecule has 2 rings (SSSR count). The zero-order valence-corrected chi connectivity index (χ0v) is 10.8. The van der Waals surface area contributed by atoms with Crippen LogP contribution in [0.2, 0.25) is 0 Å². The zero-order valence-electron chi connectivity index (χ0n) is 10.8. The summed E-state index contributed by atoms with van der Waals surface area (Å²) in [6.07, 6.45) is 3.64. The molecule has 0 spiro atoms. The monoisotopic (exact) mass is 242 g/mol. The Labute approximate surface area is 108 Å². The Morgan fingerprint density at radius 3 is 2.89 bits per heavy atom. The minimum absolute atomic E-state index is 0.644. The summed E-state index contributed by atoms with van der Waals surface area (Å²) >= 11 is 0. The van der Waals surface area contributed by atoms with Gasteiger partial charge < -0.3 is 10.1 Å². The normalized spacial score (nSPS) is 10.1. The molecular formula is C15H18N2O. The first-order chi connectivity index (χ1) is 8.75. The Kier molecular flexibility index (Phi) is 4.18. The average Bonchev–Trinajstić information content (AvgIpc) is 2.37. The van der Waals surface area contributed by atoms with Gasteiger partial charge in [0.2, 0.25) is 0 Å². The van der Waals surface area contributed by atoms with E-state index in [0.29, 0.717) is 6.61 Å². The first-order valence-corrected chi connectivity index (χ1v) is 6.09. The van der Waals surface area contributed by atoms with Crippen molar-refractivity contribution in [2.75, 3.05) is 18.5 Å². The van der Waals surface area contributed by atoms with Gasteiger partial charge in [-0.1, -0.05) is 12.1 Å². The van der Waals surface area contributed by atoms with Crippen LogP contribution in [-0.4, -0.2) is 18.1 Å². The minimum Gasteiger partial charge on any atom is -0.492 e. The standard InChI is InChI=1S/C15H18N2O/c1-12-4-3-5-14(10-12)18-9-8-17-15-6-7-16-11-13(15)2/h3-7,10-11H,8-9H2,1-2H3,(H,16,17). The SMILES string of the molecule is Cc1cccc(OCCNc2ccncc2C)c1. The number of benzene rings is 1. The second kappa shape index (κ2) is 6.05. The molecule has 0 atom stereocenters. The average molecular weight is 242 g/mol. The number of hydrogen-bond donors (Lipinski definition) is 1. The summed E-state index contributed by atoms with van der Waals surface area (Å²) in [5.74, 6) is 0.920. The van der Waals surface area contributed by atoms with Crippen LogP contribution in [0.4, 0.5) is 5.69 Å². The van der Waals surface area contributed by atoms with Gasteiger partial charge in [-0.25, -0.2) is 0 Å². The van der Waals surface area contributed by atoms with Crippen LogP contribution < -0.4 is 10.1 Å². The summed E-state index contributed by atoms with van der Waals surface area (Å²) in [5, 5.41) is 3.33. The Morgan fingerprint density at radius 1 is 1.22 bits per heavy atom. The number of nitrogens with zero attached hydrogens (tertiary/aromatic N) is 1. The molecule has 0 saturated heterocycles. The molecule has 0 unspecified atom stereocenters. The van der Waals surface area contributed by atoms with Crippen molar-refractivity contribution >= 4 is 5.69 Å². The number of anilines is 1. The molecule has 1 aromatic heterocycles. The Balaban J connectivity index is 1.78. The smallest absolute Gasteiger partial charge is 0.119 e. The van der Waals surface area contributed by atoms with Gasteiger partial charge in [-0.05, 0) is 43.2 Å². The van der Waals surface area contributed by atoms with Gasteiger partial charge >= 0.3 is 0 Å². The van der Waals surface area contributed by atoms with Gasteiger partial charge in [0.15, 0.2) is 0 Å². The predicted molar refractivity (Wildman–Crippen MR) is 74.1 cm³/mol. The summed E-state index contributed by atoms with van der Waals surface area (Å²) in [5.41, 5.74) is 3.47. The third-order valence-electron chi connectivity index (χ3n) is 2.70. The first-order valence-electron chi connectivity index (χ1n) is 6.09. The maximum atomic E-state index is 5.67. The number of nitrogens with one attached hydrogen (secondary N) is 1. The maximum absolute atomic E-state index is 5.67. The molecule has 3 nitrogen and oxygen atoms in total. The number of aryl methyl sites for hydroxylation is 2. The van der Waals surface area contributed by atoms with Gasteiger partial charge in [-0.3, -0.25) is 4.98 Å². The molecule has 1 aromatic carbocycles. The van der Waals surface area contributed by atoms with E-state index in [4.69, 9.17) is 4.74 Å². The van der Waals surface area contributed by atoms with E-state index in [0.717, 1.165) is 23.5 Å². The van der Waals surface area contributed by atoms with E-state index in [-0.39, 0.29) is 0 Å². The van der Waals surface area contributed by atoms with Gasteiger partial charge in [0, 0.05) is 24.6 Å². The molecule has 0 aliphatic rings. The highest BCUT2D eigenvalue weighted by atomic mass is 16.5. The molecular weight excluding hydrogens is 224 g/mol. The topological polar surface area (TPSA) is 34.1 Å². The van der Waals surface area contributed by atoms with E-state index in [9.17, 15) is 0 Å². The molecule has 0 aliphatic carbocycles. The van der Waals surface area contributed by atoms with E-state index in [2.05, 4.69) is 23.3 Å². The van der Waals surface area contributed by atoms with E-state index >= 15 is 0 Å². The van der Waals surface area contributed by atoms with Crippen LogP contribution in [0.5, 0.6) is 5.75 Å². The van der Waals surface area contributed by atoms with Crippen molar-refractivity contribution in [3.63, 3.8) is 0 Å². The Hall–Kier alpha value is -2.03. The largest absolute Gasteiger partial charge is 0.492 e. The Bertz CT molecular complexity index is 511.